The summed E-state index contributed by atoms with van der Waals surface area (Å²) in [6, 6.07) is 17.6. The normalized spacial score (nSPS) is 18.8. The summed E-state index contributed by atoms with van der Waals surface area (Å²) in [6.07, 6.45) is 1.22. The SMILES string of the molecule is BrCC(CC1CSc2ccccc21)c1ccc(Br)cc1. The van der Waals surface area contributed by atoms with E-state index >= 15 is 0 Å². The lowest BCUT2D eigenvalue weighted by molar-refractivity contribution is 0.608. The van der Waals surface area contributed by atoms with Crippen LogP contribution in [0.5, 0.6) is 0 Å². The zero-order valence-corrected chi connectivity index (χ0v) is 15.0. The van der Waals surface area contributed by atoms with Crippen molar-refractivity contribution >= 4 is 43.6 Å². The van der Waals surface area contributed by atoms with E-state index in [-0.39, 0.29) is 0 Å². The summed E-state index contributed by atoms with van der Waals surface area (Å²) in [6.45, 7) is 0. The summed E-state index contributed by atoms with van der Waals surface area (Å²) in [7, 11) is 0. The lowest BCUT2D eigenvalue weighted by atomic mass is 9.87. The van der Waals surface area contributed by atoms with E-state index in [1.54, 1.807) is 5.56 Å². The maximum atomic E-state index is 3.70. The molecule has 0 aliphatic carbocycles. The number of benzene rings is 2. The molecule has 0 bridgehead atoms. The molecule has 3 rings (SSSR count). The molecule has 0 spiro atoms. The first-order valence-corrected chi connectivity index (χ1v) is 9.71. The topological polar surface area (TPSA) is 0 Å². The van der Waals surface area contributed by atoms with E-state index < -0.39 is 0 Å². The molecule has 2 aromatic carbocycles. The van der Waals surface area contributed by atoms with Crippen molar-refractivity contribution < 1.29 is 0 Å². The molecule has 2 atom stereocenters. The zero-order valence-electron chi connectivity index (χ0n) is 11.1. The summed E-state index contributed by atoms with van der Waals surface area (Å²) in [5.41, 5.74) is 2.97. The minimum absolute atomic E-state index is 0.583. The second-order valence-electron chi connectivity index (χ2n) is 5.18. The Morgan fingerprint density at radius 1 is 1.10 bits per heavy atom. The third kappa shape index (κ3) is 3.15. The average molecular weight is 412 g/mol. The molecule has 2 unspecified atom stereocenters. The van der Waals surface area contributed by atoms with Crippen molar-refractivity contribution in [1.29, 1.82) is 0 Å². The Balaban J connectivity index is 1.78. The van der Waals surface area contributed by atoms with Gasteiger partial charge in [-0.15, -0.1) is 11.8 Å². The summed E-state index contributed by atoms with van der Waals surface area (Å²) in [4.78, 5) is 1.47. The van der Waals surface area contributed by atoms with Gasteiger partial charge < -0.3 is 0 Å². The van der Waals surface area contributed by atoms with Crippen molar-refractivity contribution in [2.24, 2.45) is 0 Å². The Kier molecular flexibility index (Phi) is 4.90. The highest BCUT2D eigenvalue weighted by atomic mass is 79.9. The number of hydrogen-bond donors (Lipinski definition) is 0. The van der Waals surface area contributed by atoms with Crippen LogP contribution < -0.4 is 0 Å². The van der Waals surface area contributed by atoms with Crippen LogP contribution in [-0.4, -0.2) is 11.1 Å². The first-order chi connectivity index (χ1) is 9.78. The number of hydrogen-bond acceptors (Lipinski definition) is 1. The van der Waals surface area contributed by atoms with Crippen molar-refractivity contribution in [3.05, 3.63) is 64.1 Å². The van der Waals surface area contributed by atoms with Crippen LogP contribution in [0.1, 0.15) is 29.4 Å². The Hall–Kier alpha value is -0.250. The molecule has 2 aromatic rings. The van der Waals surface area contributed by atoms with E-state index in [0.717, 1.165) is 9.80 Å². The lowest BCUT2D eigenvalue weighted by Gasteiger charge is -2.19. The maximum Gasteiger partial charge on any atom is 0.0175 e. The molecule has 1 aliphatic rings. The predicted octanol–water partition coefficient (Wildman–Crippen LogP) is 6.21. The van der Waals surface area contributed by atoms with Gasteiger partial charge in [-0.25, -0.2) is 0 Å². The lowest BCUT2D eigenvalue weighted by Crippen LogP contribution is -2.07. The van der Waals surface area contributed by atoms with Gasteiger partial charge in [0.1, 0.15) is 0 Å². The quantitative estimate of drug-likeness (QED) is 0.539. The van der Waals surface area contributed by atoms with Crippen LogP contribution >= 0.6 is 43.6 Å². The second kappa shape index (κ2) is 6.67. The second-order valence-corrected chi connectivity index (χ2v) is 7.81. The molecule has 0 amide bonds. The molecule has 1 heterocycles. The molecule has 0 nitrogen and oxygen atoms in total. The summed E-state index contributed by atoms with van der Waals surface area (Å²) >= 11 is 9.21. The number of fused-ring (bicyclic) bond motifs is 1. The Morgan fingerprint density at radius 3 is 2.60 bits per heavy atom. The van der Waals surface area contributed by atoms with Gasteiger partial charge in [0, 0.05) is 20.5 Å². The Bertz CT molecular complexity index is 580. The van der Waals surface area contributed by atoms with Crippen LogP contribution in [0.15, 0.2) is 57.9 Å². The molecule has 1 aliphatic heterocycles. The van der Waals surface area contributed by atoms with Gasteiger partial charge in [0.25, 0.3) is 0 Å². The fourth-order valence-corrected chi connectivity index (χ4v) is 4.97. The van der Waals surface area contributed by atoms with Crippen molar-refractivity contribution in [2.75, 3.05) is 11.1 Å². The van der Waals surface area contributed by atoms with Crippen molar-refractivity contribution in [3.8, 4) is 0 Å². The van der Waals surface area contributed by atoms with E-state index in [4.69, 9.17) is 0 Å². The van der Waals surface area contributed by atoms with E-state index in [1.807, 2.05) is 11.8 Å². The fourth-order valence-electron chi connectivity index (χ4n) is 2.79. The molecular weight excluding hydrogens is 396 g/mol. The third-order valence-electron chi connectivity index (χ3n) is 3.90. The largest absolute Gasteiger partial charge is 0.125 e. The highest BCUT2D eigenvalue weighted by Gasteiger charge is 2.25. The highest BCUT2D eigenvalue weighted by molar-refractivity contribution is 9.10. The number of halogens is 2. The summed E-state index contributed by atoms with van der Waals surface area (Å²) < 4.78 is 1.15. The molecule has 0 N–H and O–H groups in total. The van der Waals surface area contributed by atoms with Crippen molar-refractivity contribution in [2.45, 2.75) is 23.2 Å². The number of alkyl halides is 1. The number of rotatable bonds is 4. The van der Waals surface area contributed by atoms with E-state index in [1.165, 1.54) is 22.6 Å². The van der Waals surface area contributed by atoms with E-state index in [9.17, 15) is 0 Å². The van der Waals surface area contributed by atoms with Gasteiger partial charge in [0.05, 0.1) is 0 Å². The summed E-state index contributed by atoms with van der Waals surface area (Å²) in [5.74, 6) is 2.49. The molecule has 0 saturated carbocycles. The van der Waals surface area contributed by atoms with Gasteiger partial charge >= 0.3 is 0 Å². The van der Waals surface area contributed by atoms with Crippen LogP contribution in [0.4, 0.5) is 0 Å². The molecule has 20 heavy (non-hydrogen) atoms. The Morgan fingerprint density at radius 2 is 1.85 bits per heavy atom. The van der Waals surface area contributed by atoms with Crippen molar-refractivity contribution in [1.82, 2.24) is 0 Å². The van der Waals surface area contributed by atoms with Gasteiger partial charge in [0.15, 0.2) is 0 Å². The molecule has 0 fully saturated rings. The van der Waals surface area contributed by atoms with Gasteiger partial charge in [-0.3, -0.25) is 0 Å². The van der Waals surface area contributed by atoms with Crippen molar-refractivity contribution in [3.63, 3.8) is 0 Å². The Labute approximate surface area is 141 Å². The molecule has 3 heteroatoms. The van der Waals surface area contributed by atoms with Gasteiger partial charge in [-0.1, -0.05) is 62.2 Å². The minimum Gasteiger partial charge on any atom is -0.125 e. The zero-order chi connectivity index (χ0) is 13.9. The van der Waals surface area contributed by atoms with Crippen LogP contribution in [0.25, 0.3) is 0 Å². The standard InChI is InChI=1S/C17H16Br2S/c18-10-13(12-5-7-15(19)8-6-12)9-14-11-20-17-4-2-1-3-16(14)17/h1-8,13-14H,9-11H2. The molecule has 0 saturated heterocycles. The number of thioether (sulfide) groups is 1. The third-order valence-corrected chi connectivity index (χ3v) is 6.46. The van der Waals surface area contributed by atoms with Crippen LogP contribution in [-0.2, 0) is 0 Å². The van der Waals surface area contributed by atoms with Gasteiger partial charge in [-0.2, -0.15) is 0 Å². The maximum absolute atomic E-state index is 3.70. The fraction of sp³-hybridized carbons (Fsp3) is 0.294. The van der Waals surface area contributed by atoms with E-state index in [0.29, 0.717) is 11.8 Å². The highest BCUT2D eigenvalue weighted by Crippen LogP contribution is 2.44. The molecular formula is C17H16Br2S. The predicted molar refractivity (Wildman–Crippen MR) is 95.2 cm³/mol. The van der Waals surface area contributed by atoms with E-state index in [2.05, 4.69) is 80.4 Å². The molecule has 104 valence electrons. The van der Waals surface area contributed by atoms with Gasteiger partial charge in [-0.05, 0) is 47.6 Å². The first-order valence-electron chi connectivity index (χ1n) is 6.81. The summed E-state index contributed by atoms with van der Waals surface area (Å²) in [5, 5.41) is 1.03. The minimum atomic E-state index is 0.583. The van der Waals surface area contributed by atoms with Crippen LogP contribution in [0.3, 0.4) is 0 Å². The molecule has 0 aromatic heterocycles. The smallest absolute Gasteiger partial charge is 0.0175 e. The van der Waals surface area contributed by atoms with Gasteiger partial charge in [0.2, 0.25) is 0 Å². The van der Waals surface area contributed by atoms with Crippen LogP contribution in [0.2, 0.25) is 0 Å². The van der Waals surface area contributed by atoms with Crippen LogP contribution in [0, 0.1) is 0 Å². The monoisotopic (exact) mass is 410 g/mol. The average Bonchev–Trinajstić information content (AvgIpc) is 2.89. The first kappa shape index (κ1) is 14.7. The molecule has 0 radical (unpaired) electrons.